The van der Waals surface area contributed by atoms with Crippen molar-refractivity contribution in [3.05, 3.63) is 0 Å². The van der Waals surface area contributed by atoms with Gasteiger partial charge in [-0.2, -0.15) is 0 Å². The van der Waals surface area contributed by atoms with Gasteiger partial charge in [-0.3, -0.25) is 4.79 Å². The van der Waals surface area contributed by atoms with Gasteiger partial charge in [0.1, 0.15) is 5.78 Å². The molecule has 0 rings (SSSR count). The number of aliphatic hydroxyl groups excluding tert-OH is 1. The lowest BCUT2D eigenvalue weighted by atomic mass is 10.2. The predicted octanol–water partition coefficient (Wildman–Crippen LogP) is 1.06. The average Bonchev–Trinajstić information content (AvgIpc) is 2.09. The Morgan fingerprint density at radius 2 is 2.00 bits per heavy atom. The lowest BCUT2D eigenvalue weighted by Gasteiger charge is -2.20. The normalized spacial score (nSPS) is 10.8. The summed E-state index contributed by atoms with van der Waals surface area (Å²) in [4.78, 5) is 13.0. The first-order chi connectivity index (χ1) is 6.20. The van der Waals surface area contributed by atoms with Gasteiger partial charge in [0.05, 0.1) is 0 Å². The Morgan fingerprint density at radius 1 is 1.31 bits per heavy atom. The highest BCUT2D eigenvalue weighted by Crippen LogP contribution is 1.96. The quantitative estimate of drug-likeness (QED) is 0.617. The molecule has 0 spiro atoms. The molecule has 0 bridgehead atoms. The zero-order valence-electron chi connectivity index (χ0n) is 8.75. The Balaban J connectivity index is 3.59. The minimum atomic E-state index is 0.236. The number of aliphatic hydroxyl groups is 1. The molecule has 13 heavy (non-hydrogen) atoms. The van der Waals surface area contributed by atoms with Crippen LogP contribution in [0.1, 0.15) is 33.1 Å². The summed E-state index contributed by atoms with van der Waals surface area (Å²) in [5.41, 5.74) is 0. The number of nitrogens with zero attached hydrogens (tertiary/aromatic N) is 1. The van der Waals surface area contributed by atoms with Crippen LogP contribution >= 0.6 is 0 Å². The van der Waals surface area contributed by atoms with E-state index >= 15 is 0 Å². The lowest BCUT2D eigenvalue weighted by molar-refractivity contribution is -0.117. The van der Waals surface area contributed by atoms with E-state index < -0.39 is 0 Å². The van der Waals surface area contributed by atoms with E-state index in [1.807, 2.05) is 0 Å². The molecule has 0 aromatic heterocycles. The van der Waals surface area contributed by atoms with E-state index in [4.69, 9.17) is 5.11 Å². The summed E-state index contributed by atoms with van der Waals surface area (Å²) in [6.07, 6.45) is 2.53. The van der Waals surface area contributed by atoms with Gasteiger partial charge in [-0.05, 0) is 26.3 Å². The van der Waals surface area contributed by atoms with Crippen molar-refractivity contribution < 1.29 is 9.90 Å². The second kappa shape index (κ2) is 8.20. The van der Waals surface area contributed by atoms with Gasteiger partial charge in [0.15, 0.2) is 0 Å². The van der Waals surface area contributed by atoms with Crippen LogP contribution in [0, 0.1) is 0 Å². The first-order valence-corrected chi connectivity index (χ1v) is 5.03. The summed E-state index contributed by atoms with van der Waals surface area (Å²) in [6, 6.07) is 0. The van der Waals surface area contributed by atoms with Crippen molar-refractivity contribution in [2.24, 2.45) is 0 Å². The first kappa shape index (κ1) is 12.6. The molecule has 0 unspecified atom stereocenters. The Kier molecular flexibility index (Phi) is 7.94. The number of hydrogen-bond acceptors (Lipinski definition) is 3. The molecule has 1 N–H and O–H groups in total. The van der Waals surface area contributed by atoms with E-state index in [1.54, 1.807) is 6.92 Å². The van der Waals surface area contributed by atoms with Gasteiger partial charge in [0.25, 0.3) is 0 Å². The van der Waals surface area contributed by atoms with Gasteiger partial charge < -0.3 is 10.0 Å². The summed E-state index contributed by atoms with van der Waals surface area (Å²) < 4.78 is 0. The van der Waals surface area contributed by atoms with Crippen molar-refractivity contribution in [3.8, 4) is 0 Å². The number of Topliss-reactive ketones (excluding diaryl/α,β-unsaturated/α-hetero) is 1. The Labute approximate surface area is 80.7 Å². The van der Waals surface area contributed by atoms with Gasteiger partial charge in [0, 0.05) is 26.1 Å². The van der Waals surface area contributed by atoms with E-state index in [0.29, 0.717) is 6.42 Å². The second-order valence-corrected chi connectivity index (χ2v) is 3.37. The van der Waals surface area contributed by atoms with E-state index in [-0.39, 0.29) is 12.4 Å². The Hall–Kier alpha value is -0.410. The highest BCUT2D eigenvalue weighted by molar-refractivity contribution is 5.75. The molecular formula is C10H21NO2. The average molecular weight is 187 g/mol. The molecule has 3 heteroatoms. The van der Waals surface area contributed by atoms with Crippen LogP contribution in [-0.2, 0) is 4.79 Å². The SMILES string of the molecule is CCCN(CCCO)CCC(C)=O. The van der Waals surface area contributed by atoms with Crippen LogP contribution in [0.5, 0.6) is 0 Å². The zero-order valence-corrected chi connectivity index (χ0v) is 8.75. The van der Waals surface area contributed by atoms with Gasteiger partial charge in [-0.1, -0.05) is 6.92 Å². The topological polar surface area (TPSA) is 40.5 Å². The van der Waals surface area contributed by atoms with Gasteiger partial charge in [-0.15, -0.1) is 0 Å². The van der Waals surface area contributed by atoms with Gasteiger partial charge >= 0.3 is 0 Å². The molecule has 0 atom stereocenters. The molecule has 0 aromatic carbocycles. The summed E-state index contributed by atoms with van der Waals surface area (Å²) in [6.45, 7) is 6.74. The summed E-state index contributed by atoms with van der Waals surface area (Å²) in [5, 5.41) is 8.67. The fourth-order valence-corrected chi connectivity index (χ4v) is 1.26. The molecular weight excluding hydrogens is 166 g/mol. The minimum Gasteiger partial charge on any atom is -0.396 e. The van der Waals surface area contributed by atoms with Crippen molar-refractivity contribution in [3.63, 3.8) is 0 Å². The number of ketones is 1. The van der Waals surface area contributed by atoms with Crippen LogP contribution in [0.3, 0.4) is 0 Å². The minimum absolute atomic E-state index is 0.236. The van der Waals surface area contributed by atoms with Crippen LogP contribution in [0.4, 0.5) is 0 Å². The molecule has 0 amide bonds. The van der Waals surface area contributed by atoms with Crippen LogP contribution in [0.25, 0.3) is 0 Å². The smallest absolute Gasteiger partial charge is 0.131 e. The fraction of sp³-hybridized carbons (Fsp3) is 0.900. The molecule has 0 aliphatic carbocycles. The maximum atomic E-state index is 10.8. The third kappa shape index (κ3) is 7.94. The van der Waals surface area contributed by atoms with Gasteiger partial charge in [0.2, 0.25) is 0 Å². The molecule has 0 heterocycles. The Bertz CT molecular complexity index is 137. The van der Waals surface area contributed by atoms with E-state index in [1.165, 1.54) is 0 Å². The predicted molar refractivity (Wildman–Crippen MR) is 53.7 cm³/mol. The number of carbonyl (C=O) groups is 1. The maximum absolute atomic E-state index is 10.8. The Morgan fingerprint density at radius 3 is 2.46 bits per heavy atom. The molecule has 78 valence electrons. The molecule has 0 saturated heterocycles. The lowest BCUT2D eigenvalue weighted by Crippen LogP contribution is -2.28. The second-order valence-electron chi connectivity index (χ2n) is 3.37. The zero-order chi connectivity index (χ0) is 10.1. The highest BCUT2D eigenvalue weighted by Gasteiger charge is 2.03. The van der Waals surface area contributed by atoms with Crippen LogP contribution in [-0.4, -0.2) is 42.0 Å². The van der Waals surface area contributed by atoms with E-state index in [2.05, 4.69) is 11.8 Å². The molecule has 0 radical (unpaired) electrons. The molecule has 0 aromatic rings. The monoisotopic (exact) mass is 187 g/mol. The van der Waals surface area contributed by atoms with E-state index in [9.17, 15) is 4.79 Å². The van der Waals surface area contributed by atoms with Crippen molar-refractivity contribution in [2.45, 2.75) is 33.1 Å². The highest BCUT2D eigenvalue weighted by atomic mass is 16.3. The molecule has 0 aliphatic rings. The fourth-order valence-electron chi connectivity index (χ4n) is 1.26. The molecule has 3 nitrogen and oxygen atoms in total. The number of rotatable bonds is 8. The summed E-state index contributed by atoms with van der Waals surface area (Å²) in [7, 11) is 0. The van der Waals surface area contributed by atoms with Crippen LogP contribution < -0.4 is 0 Å². The van der Waals surface area contributed by atoms with Crippen LogP contribution in [0.2, 0.25) is 0 Å². The standard InChI is InChI=1S/C10H21NO2/c1-3-6-11(7-4-9-12)8-5-10(2)13/h12H,3-9H2,1-2H3. The third-order valence-electron chi connectivity index (χ3n) is 1.95. The largest absolute Gasteiger partial charge is 0.396 e. The van der Waals surface area contributed by atoms with Crippen molar-refractivity contribution >= 4 is 5.78 Å². The van der Waals surface area contributed by atoms with Crippen molar-refractivity contribution in [1.29, 1.82) is 0 Å². The molecule has 0 saturated carbocycles. The van der Waals surface area contributed by atoms with Gasteiger partial charge in [-0.25, -0.2) is 0 Å². The first-order valence-electron chi connectivity index (χ1n) is 5.03. The number of hydrogen-bond donors (Lipinski definition) is 1. The van der Waals surface area contributed by atoms with Crippen LogP contribution in [0.15, 0.2) is 0 Å². The molecule has 0 aliphatic heterocycles. The maximum Gasteiger partial charge on any atom is 0.131 e. The summed E-state index contributed by atoms with van der Waals surface area (Å²) >= 11 is 0. The number of carbonyl (C=O) groups excluding carboxylic acids is 1. The summed E-state index contributed by atoms with van der Waals surface area (Å²) in [5.74, 6) is 0.241. The molecule has 0 fully saturated rings. The van der Waals surface area contributed by atoms with E-state index in [0.717, 1.165) is 32.5 Å². The third-order valence-corrected chi connectivity index (χ3v) is 1.95. The van der Waals surface area contributed by atoms with Crippen molar-refractivity contribution in [1.82, 2.24) is 4.90 Å². The van der Waals surface area contributed by atoms with Crippen molar-refractivity contribution in [2.75, 3.05) is 26.2 Å².